The molecule has 2 unspecified atom stereocenters. The number of nitrogens with one attached hydrogen (secondary N) is 1. The minimum Gasteiger partial charge on any atom is -0.348 e. The highest BCUT2D eigenvalue weighted by molar-refractivity contribution is 8.00. The second kappa shape index (κ2) is 8.84. The fourth-order valence-electron chi connectivity index (χ4n) is 4.18. The van der Waals surface area contributed by atoms with E-state index in [1.807, 2.05) is 35.9 Å². The van der Waals surface area contributed by atoms with Crippen LogP contribution in [-0.4, -0.2) is 20.7 Å². The minimum absolute atomic E-state index is 0.0310. The van der Waals surface area contributed by atoms with Crippen molar-refractivity contribution in [1.82, 2.24) is 14.9 Å². The van der Waals surface area contributed by atoms with Gasteiger partial charge in [-0.15, -0.1) is 22.7 Å². The first-order chi connectivity index (χ1) is 15.5. The molecule has 5 nitrogen and oxygen atoms in total. The second-order valence-electron chi connectivity index (χ2n) is 7.98. The van der Waals surface area contributed by atoms with Gasteiger partial charge in [0.05, 0.1) is 16.7 Å². The van der Waals surface area contributed by atoms with Gasteiger partial charge in [-0.25, -0.2) is 4.98 Å². The third-order valence-electron chi connectivity index (χ3n) is 5.90. The Kier molecular flexibility index (Phi) is 5.92. The fourth-order valence-corrected chi connectivity index (χ4v) is 6.86. The number of fused-ring (bicyclic) bond motifs is 2. The zero-order valence-electron chi connectivity index (χ0n) is 17.8. The number of thiophene rings is 2. The van der Waals surface area contributed by atoms with Crippen molar-refractivity contribution in [3.05, 3.63) is 68.6 Å². The molecule has 0 bridgehead atoms. The third kappa shape index (κ3) is 3.91. The highest BCUT2D eigenvalue weighted by Crippen LogP contribution is 2.35. The summed E-state index contributed by atoms with van der Waals surface area (Å²) in [6.07, 6.45) is 3.08. The number of rotatable bonds is 5. The molecule has 164 valence electrons. The standard InChI is InChI=1S/C24H23N3O2S3/c1-14(21(28)25-18-10-5-8-15-7-3-4-9-16(15)18)32-24-26-22-20(23(29)27(24)2)17(13-31-22)19-11-6-12-30-19/h3-4,6-7,9,11-14,18H,5,8,10H2,1-2H3,(H,25,28). The maximum atomic E-state index is 13.2. The van der Waals surface area contributed by atoms with Gasteiger partial charge in [-0.3, -0.25) is 14.2 Å². The van der Waals surface area contributed by atoms with Crippen molar-refractivity contribution < 1.29 is 4.79 Å². The third-order valence-corrected chi connectivity index (χ3v) is 8.82. The summed E-state index contributed by atoms with van der Waals surface area (Å²) in [6.45, 7) is 1.87. The molecule has 32 heavy (non-hydrogen) atoms. The van der Waals surface area contributed by atoms with Gasteiger partial charge in [0.25, 0.3) is 5.56 Å². The van der Waals surface area contributed by atoms with Gasteiger partial charge < -0.3 is 5.32 Å². The van der Waals surface area contributed by atoms with Crippen molar-refractivity contribution in [2.45, 2.75) is 42.6 Å². The van der Waals surface area contributed by atoms with Gasteiger partial charge in [-0.1, -0.05) is 42.1 Å². The van der Waals surface area contributed by atoms with E-state index in [4.69, 9.17) is 4.98 Å². The van der Waals surface area contributed by atoms with E-state index in [-0.39, 0.29) is 22.8 Å². The Morgan fingerprint density at radius 2 is 2.09 bits per heavy atom. The van der Waals surface area contributed by atoms with Crippen molar-refractivity contribution in [2.75, 3.05) is 0 Å². The van der Waals surface area contributed by atoms with Gasteiger partial charge >= 0.3 is 0 Å². The Labute approximate surface area is 198 Å². The lowest BCUT2D eigenvalue weighted by atomic mass is 9.88. The average Bonchev–Trinajstić information content (AvgIpc) is 3.47. The molecule has 1 N–H and O–H groups in total. The molecule has 1 aliphatic rings. The molecule has 0 saturated heterocycles. The average molecular weight is 482 g/mol. The predicted octanol–water partition coefficient (Wildman–Crippen LogP) is 5.40. The summed E-state index contributed by atoms with van der Waals surface area (Å²) in [7, 11) is 1.73. The molecule has 1 amide bonds. The summed E-state index contributed by atoms with van der Waals surface area (Å²) in [4.78, 5) is 32.7. The van der Waals surface area contributed by atoms with Crippen LogP contribution in [-0.2, 0) is 18.3 Å². The number of aryl methyl sites for hydroxylation is 1. The number of carbonyl (C=O) groups excluding carboxylic acids is 1. The van der Waals surface area contributed by atoms with Crippen LogP contribution in [0.4, 0.5) is 0 Å². The molecule has 3 heterocycles. The maximum Gasteiger partial charge on any atom is 0.263 e. The number of thioether (sulfide) groups is 1. The molecular formula is C24H23N3O2S3. The van der Waals surface area contributed by atoms with E-state index in [1.54, 1.807) is 23.0 Å². The van der Waals surface area contributed by atoms with E-state index in [1.165, 1.54) is 34.2 Å². The van der Waals surface area contributed by atoms with Crippen LogP contribution in [0.2, 0.25) is 0 Å². The smallest absolute Gasteiger partial charge is 0.263 e. The predicted molar refractivity (Wildman–Crippen MR) is 134 cm³/mol. The number of carbonyl (C=O) groups is 1. The van der Waals surface area contributed by atoms with Crippen LogP contribution in [0.1, 0.15) is 36.9 Å². The van der Waals surface area contributed by atoms with E-state index < -0.39 is 0 Å². The normalized spacial score (nSPS) is 16.6. The highest BCUT2D eigenvalue weighted by Gasteiger charge is 2.25. The number of hydrogen-bond acceptors (Lipinski definition) is 6. The Balaban J connectivity index is 1.37. The zero-order chi connectivity index (χ0) is 22.2. The van der Waals surface area contributed by atoms with Crippen molar-refractivity contribution in [1.29, 1.82) is 0 Å². The zero-order valence-corrected chi connectivity index (χ0v) is 20.3. The lowest BCUT2D eigenvalue weighted by molar-refractivity contribution is -0.121. The first-order valence-corrected chi connectivity index (χ1v) is 13.2. The molecular weight excluding hydrogens is 458 g/mol. The summed E-state index contributed by atoms with van der Waals surface area (Å²) in [5, 5.41) is 8.07. The molecule has 0 radical (unpaired) electrons. The number of aromatic nitrogens is 2. The summed E-state index contributed by atoms with van der Waals surface area (Å²) in [5.74, 6) is -0.0310. The Bertz CT molecular complexity index is 1340. The number of benzene rings is 1. The lowest BCUT2D eigenvalue weighted by Gasteiger charge is -2.27. The van der Waals surface area contributed by atoms with Crippen LogP contribution in [0.15, 0.2) is 57.1 Å². The van der Waals surface area contributed by atoms with Gasteiger partial charge in [-0.05, 0) is 48.8 Å². The molecule has 4 aromatic rings. The van der Waals surface area contributed by atoms with Gasteiger partial charge in [0.1, 0.15) is 4.83 Å². The Morgan fingerprint density at radius 3 is 2.91 bits per heavy atom. The van der Waals surface area contributed by atoms with E-state index in [0.717, 1.165) is 29.7 Å². The van der Waals surface area contributed by atoms with E-state index >= 15 is 0 Å². The largest absolute Gasteiger partial charge is 0.348 e. The minimum atomic E-state index is -0.364. The number of nitrogens with zero attached hydrogens (tertiary/aromatic N) is 2. The van der Waals surface area contributed by atoms with E-state index in [9.17, 15) is 9.59 Å². The summed E-state index contributed by atoms with van der Waals surface area (Å²) < 4.78 is 1.57. The highest BCUT2D eigenvalue weighted by atomic mass is 32.2. The first kappa shape index (κ1) is 21.4. The van der Waals surface area contributed by atoms with Crippen LogP contribution in [0.3, 0.4) is 0 Å². The second-order valence-corrected chi connectivity index (χ2v) is 11.1. The van der Waals surface area contributed by atoms with Crippen molar-refractivity contribution in [2.24, 2.45) is 7.05 Å². The fraction of sp³-hybridized carbons (Fsp3) is 0.292. The van der Waals surface area contributed by atoms with Gasteiger partial charge in [0.2, 0.25) is 5.91 Å². The number of hydrogen-bond donors (Lipinski definition) is 1. The van der Waals surface area contributed by atoms with Crippen LogP contribution in [0.5, 0.6) is 0 Å². The summed E-state index contributed by atoms with van der Waals surface area (Å²) >= 11 is 4.42. The van der Waals surface area contributed by atoms with Crippen LogP contribution in [0, 0.1) is 0 Å². The molecule has 5 rings (SSSR count). The summed E-state index contributed by atoms with van der Waals surface area (Å²) in [5.41, 5.74) is 3.40. The SMILES string of the molecule is CC(Sc1nc2scc(-c3cccs3)c2c(=O)n1C)C(=O)NC1CCCc2ccccc21. The van der Waals surface area contributed by atoms with Crippen LogP contribution >= 0.6 is 34.4 Å². The molecule has 8 heteroatoms. The first-order valence-electron chi connectivity index (χ1n) is 10.6. The van der Waals surface area contributed by atoms with Crippen molar-refractivity contribution in [3.8, 4) is 10.4 Å². The van der Waals surface area contributed by atoms with Crippen molar-refractivity contribution >= 4 is 50.6 Å². The maximum absolute atomic E-state index is 13.2. The molecule has 1 aromatic carbocycles. The molecule has 0 saturated carbocycles. The van der Waals surface area contributed by atoms with Crippen molar-refractivity contribution in [3.63, 3.8) is 0 Å². The monoisotopic (exact) mass is 481 g/mol. The Morgan fingerprint density at radius 1 is 1.25 bits per heavy atom. The van der Waals surface area contributed by atoms with E-state index in [2.05, 4.69) is 23.5 Å². The summed E-state index contributed by atoms with van der Waals surface area (Å²) in [6, 6.07) is 12.4. The Hall–Kier alpha value is -2.42. The topological polar surface area (TPSA) is 64.0 Å². The molecule has 0 aliphatic heterocycles. The molecule has 1 aliphatic carbocycles. The lowest BCUT2D eigenvalue weighted by Crippen LogP contribution is -2.36. The van der Waals surface area contributed by atoms with Gasteiger partial charge in [0, 0.05) is 22.9 Å². The molecule has 2 atom stereocenters. The quantitative estimate of drug-likeness (QED) is 0.306. The van der Waals surface area contributed by atoms with Gasteiger partial charge in [0.15, 0.2) is 5.16 Å². The van der Waals surface area contributed by atoms with Crippen LogP contribution < -0.4 is 10.9 Å². The molecule has 3 aromatic heterocycles. The van der Waals surface area contributed by atoms with Gasteiger partial charge in [-0.2, -0.15) is 0 Å². The van der Waals surface area contributed by atoms with E-state index in [0.29, 0.717) is 15.4 Å². The van der Waals surface area contributed by atoms with Crippen LogP contribution in [0.25, 0.3) is 20.7 Å². The number of amides is 1. The molecule has 0 spiro atoms. The molecule has 0 fully saturated rings.